The van der Waals surface area contributed by atoms with Crippen LogP contribution in [0.15, 0.2) is 33.2 Å². The van der Waals surface area contributed by atoms with Gasteiger partial charge in [-0.2, -0.15) is 0 Å². The second-order valence-corrected chi connectivity index (χ2v) is 5.12. The summed E-state index contributed by atoms with van der Waals surface area (Å²) in [6.45, 7) is 1.78. The van der Waals surface area contributed by atoms with E-state index >= 15 is 0 Å². The summed E-state index contributed by atoms with van der Waals surface area (Å²) >= 11 is 2.64. The van der Waals surface area contributed by atoms with Gasteiger partial charge in [-0.25, -0.2) is 9.97 Å². The van der Waals surface area contributed by atoms with Gasteiger partial charge in [-0.1, -0.05) is 0 Å². The van der Waals surface area contributed by atoms with Crippen molar-refractivity contribution < 1.29 is 4.92 Å². The Kier molecular flexibility index (Phi) is 3.16. The summed E-state index contributed by atoms with van der Waals surface area (Å²) in [4.78, 5) is 18.5. The van der Waals surface area contributed by atoms with E-state index in [-0.39, 0.29) is 5.69 Å². The van der Waals surface area contributed by atoms with E-state index in [4.69, 9.17) is 0 Å². The highest BCUT2D eigenvalue weighted by Gasteiger charge is 2.17. The van der Waals surface area contributed by atoms with Gasteiger partial charge >= 0.3 is 5.69 Å². The Balaban J connectivity index is 2.36. The Labute approximate surface area is 99.7 Å². The zero-order chi connectivity index (χ0) is 11.5. The van der Waals surface area contributed by atoms with Crippen molar-refractivity contribution in [3.05, 3.63) is 39.5 Å². The van der Waals surface area contributed by atoms with E-state index in [1.165, 1.54) is 29.2 Å². The molecule has 2 rings (SSSR count). The smallest absolute Gasteiger partial charge is 0.258 e. The molecule has 82 valence electrons. The Bertz CT molecular complexity index is 513. The van der Waals surface area contributed by atoms with E-state index in [1.807, 2.05) is 5.38 Å². The molecule has 7 heteroatoms. The van der Waals surface area contributed by atoms with Gasteiger partial charge in [0.25, 0.3) is 0 Å². The fourth-order valence-corrected chi connectivity index (χ4v) is 2.67. The molecule has 0 fully saturated rings. The molecule has 0 bridgehead atoms. The van der Waals surface area contributed by atoms with E-state index in [0.29, 0.717) is 5.03 Å². The van der Waals surface area contributed by atoms with Crippen molar-refractivity contribution in [2.24, 2.45) is 0 Å². The summed E-state index contributed by atoms with van der Waals surface area (Å²) in [5.41, 5.74) is 0.801. The lowest BCUT2D eigenvalue weighted by Gasteiger charge is -2.00. The molecular weight excluding hydrogens is 246 g/mol. The lowest BCUT2D eigenvalue weighted by molar-refractivity contribution is -0.388. The van der Waals surface area contributed by atoms with Crippen molar-refractivity contribution in [3.63, 3.8) is 0 Å². The van der Waals surface area contributed by atoms with Crippen LogP contribution in [0.4, 0.5) is 5.69 Å². The van der Waals surface area contributed by atoms with Crippen LogP contribution in [0, 0.1) is 17.0 Å². The van der Waals surface area contributed by atoms with Gasteiger partial charge in [-0.3, -0.25) is 10.1 Å². The van der Waals surface area contributed by atoms with E-state index in [2.05, 4.69) is 9.97 Å². The average molecular weight is 253 g/mol. The van der Waals surface area contributed by atoms with Crippen LogP contribution < -0.4 is 0 Å². The highest BCUT2D eigenvalue weighted by molar-refractivity contribution is 8.01. The van der Waals surface area contributed by atoms with Crippen molar-refractivity contribution in [1.82, 2.24) is 9.97 Å². The molecule has 0 N–H and O–H groups in total. The highest BCUT2D eigenvalue weighted by Crippen LogP contribution is 2.34. The van der Waals surface area contributed by atoms with Crippen molar-refractivity contribution in [2.45, 2.75) is 16.3 Å². The lowest BCUT2D eigenvalue weighted by Crippen LogP contribution is -1.94. The number of aryl methyl sites for hydroxylation is 1. The third kappa shape index (κ3) is 2.37. The van der Waals surface area contributed by atoms with Crippen LogP contribution in [0.3, 0.4) is 0 Å². The molecule has 0 atom stereocenters. The molecule has 0 aliphatic heterocycles. The quantitative estimate of drug-likeness (QED) is 0.621. The van der Waals surface area contributed by atoms with Crippen molar-refractivity contribution in [1.29, 1.82) is 0 Å². The van der Waals surface area contributed by atoms with Gasteiger partial charge < -0.3 is 0 Å². The van der Waals surface area contributed by atoms with Crippen LogP contribution in [0.5, 0.6) is 0 Å². The van der Waals surface area contributed by atoms with E-state index < -0.39 is 4.92 Å². The van der Waals surface area contributed by atoms with Gasteiger partial charge in [0, 0.05) is 23.8 Å². The van der Waals surface area contributed by atoms with Crippen molar-refractivity contribution >= 4 is 28.8 Å². The molecule has 2 aromatic rings. The van der Waals surface area contributed by atoms with Crippen LogP contribution in [0.1, 0.15) is 5.56 Å². The average Bonchev–Trinajstić information content (AvgIpc) is 2.73. The molecule has 16 heavy (non-hydrogen) atoms. The van der Waals surface area contributed by atoms with Gasteiger partial charge in [-0.15, -0.1) is 11.3 Å². The van der Waals surface area contributed by atoms with E-state index in [0.717, 1.165) is 9.90 Å². The lowest BCUT2D eigenvalue weighted by atomic mass is 10.3. The summed E-state index contributed by atoms with van der Waals surface area (Å²) in [5.74, 6) is 0. The van der Waals surface area contributed by atoms with E-state index in [9.17, 15) is 10.1 Å². The number of hydrogen-bond acceptors (Lipinski definition) is 6. The first kappa shape index (κ1) is 11.0. The number of nitrogens with zero attached hydrogens (tertiary/aromatic N) is 3. The predicted octanol–water partition coefficient (Wildman–Crippen LogP) is 2.91. The Morgan fingerprint density at radius 1 is 1.50 bits per heavy atom. The first-order valence-electron chi connectivity index (χ1n) is 4.35. The molecule has 0 unspecified atom stereocenters. The molecule has 0 spiro atoms. The Morgan fingerprint density at radius 2 is 2.31 bits per heavy atom. The molecule has 0 aliphatic rings. The van der Waals surface area contributed by atoms with Crippen molar-refractivity contribution in [2.75, 3.05) is 0 Å². The zero-order valence-corrected chi connectivity index (χ0v) is 9.92. The minimum absolute atomic E-state index is 0.0280. The first-order valence-corrected chi connectivity index (χ1v) is 6.05. The number of pyridine rings is 1. The Morgan fingerprint density at radius 3 is 2.94 bits per heavy atom. The normalized spacial score (nSPS) is 10.3. The molecule has 0 aliphatic carbocycles. The topological polar surface area (TPSA) is 68.9 Å². The maximum absolute atomic E-state index is 10.8. The number of hydrogen-bond donors (Lipinski definition) is 0. The molecule has 2 heterocycles. The molecule has 0 saturated heterocycles. The minimum Gasteiger partial charge on any atom is -0.258 e. The van der Waals surface area contributed by atoms with E-state index in [1.54, 1.807) is 19.3 Å². The van der Waals surface area contributed by atoms with Gasteiger partial charge in [-0.05, 0) is 24.2 Å². The summed E-state index contributed by atoms with van der Waals surface area (Å²) in [6.07, 6.45) is 3.27. The zero-order valence-electron chi connectivity index (χ0n) is 8.28. The third-order valence-corrected chi connectivity index (χ3v) is 3.65. The molecule has 0 saturated carbocycles. The number of nitro groups is 1. The van der Waals surface area contributed by atoms with Gasteiger partial charge in [0.1, 0.15) is 0 Å². The molecule has 5 nitrogen and oxygen atoms in total. The number of rotatable bonds is 3. The fraction of sp³-hybridized carbons (Fsp3) is 0.111. The number of aromatic nitrogens is 2. The largest absolute Gasteiger partial charge is 0.302 e. The third-order valence-electron chi connectivity index (χ3n) is 1.76. The minimum atomic E-state index is -0.421. The molecule has 0 amide bonds. The summed E-state index contributed by atoms with van der Waals surface area (Å²) in [5, 5.41) is 13.0. The summed E-state index contributed by atoms with van der Waals surface area (Å²) < 4.78 is 0.749. The maximum Gasteiger partial charge on any atom is 0.302 e. The van der Waals surface area contributed by atoms with Gasteiger partial charge in [0.2, 0.25) is 0 Å². The number of thiazole rings is 1. The molecule has 2 aromatic heterocycles. The molecule has 0 radical (unpaired) electrons. The summed E-state index contributed by atoms with van der Waals surface area (Å²) in [6, 6.07) is 1.52. The molecular formula is C9H7N3O2S2. The highest BCUT2D eigenvalue weighted by atomic mass is 32.2. The van der Waals surface area contributed by atoms with Crippen LogP contribution in [-0.4, -0.2) is 14.9 Å². The molecule has 0 aromatic carbocycles. The summed E-state index contributed by atoms with van der Waals surface area (Å²) in [7, 11) is 0. The van der Waals surface area contributed by atoms with Crippen LogP contribution in [-0.2, 0) is 0 Å². The second-order valence-electron chi connectivity index (χ2n) is 2.99. The van der Waals surface area contributed by atoms with Gasteiger partial charge in [0.15, 0.2) is 9.37 Å². The fourth-order valence-electron chi connectivity index (χ4n) is 1.09. The van der Waals surface area contributed by atoms with Crippen LogP contribution in [0.2, 0.25) is 0 Å². The Hall–Kier alpha value is -1.47. The van der Waals surface area contributed by atoms with Gasteiger partial charge in [0.05, 0.1) is 4.92 Å². The first-order chi connectivity index (χ1) is 7.66. The SMILES string of the molecule is Cc1cnc(Sc2nccs2)c([N+](=O)[O-])c1. The standard InChI is InChI=1S/C9H7N3O2S2/c1-6-4-7(12(13)14)8(11-5-6)16-9-10-2-3-15-9/h2-5H,1H3. The maximum atomic E-state index is 10.8. The monoisotopic (exact) mass is 253 g/mol. The predicted molar refractivity (Wildman–Crippen MR) is 61.9 cm³/mol. The van der Waals surface area contributed by atoms with Crippen molar-refractivity contribution in [3.8, 4) is 0 Å². The second kappa shape index (κ2) is 4.58. The van der Waals surface area contributed by atoms with Crippen LogP contribution in [0.25, 0.3) is 0 Å². The van der Waals surface area contributed by atoms with Crippen LogP contribution >= 0.6 is 23.1 Å².